The fourth-order valence-electron chi connectivity index (χ4n) is 2.49. The quantitative estimate of drug-likeness (QED) is 0.879. The Morgan fingerprint density at radius 2 is 2.08 bits per heavy atom. The van der Waals surface area contributed by atoms with E-state index in [2.05, 4.69) is 20.4 Å². The lowest BCUT2D eigenvalue weighted by molar-refractivity contribution is -0.0522. The third-order valence-corrected chi connectivity index (χ3v) is 3.44. The Balaban J connectivity index is 2.00. The van der Waals surface area contributed by atoms with Gasteiger partial charge in [-0.05, 0) is 25.1 Å². The number of pyridine rings is 1. The van der Waals surface area contributed by atoms with E-state index in [0.717, 1.165) is 0 Å². The maximum Gasteiger partial charge on any atom is 0.387 e. The topological polar surface area (TPSA) is 72.5 Å². The minimum absolute atomic E-state index is 0.119. The monoisotopic (exact) mass is 335 g/mol. The van der Waals surface area contributed by atoms with Gasteiger partial charge in [0.1, 0.15) is 12.0 Å². The number of rotatable bonds is 5. The van der Waals surface area contributed by atoms with Crippen LogP contribution < -0.4 is 20.1 Å². The molecule has 0 bridgehead atoms. The van der Waals surface area contributed by atoms with Crippen molar-refractivity contribution in [1.29, 1.82) is 0 Å². The molecular weight excluding hydrogens is 320 g/mol. The number of para-hydroxylation sites is 1. The molecule has 1 atom stereocenters. The van der Waals surface area contributed by atoms with Gasteiger partial charge in [-0.15, -0.1) is 0 Å². The predicted octanol–water partition coefficient (Wildman–Crippen LogP) is 2.94. The van der Waals surface area contributed by atoms with E-state index in [1.54, 1.807) is 31.2 Å². The van der Waals surface area contributed by atoms with Crippen LogP contribution in [0.25, 0.3) is 0 Å². The van der Waals surface area contributed by atoms with Crippen molar-refractivity contribution in [2.24, 2.45) is 0 Å². The lowest BCUT2D eigenvalue weighted by atomic mass is 10.1. The van der Waals surface area contributed by atoms with Crippen molar-refractivity contribution in [1.82, 2.24) is 10.3 Å². The van der Waals surface area contributed by atoms with E-state index in [9.17, 15) is 13.6 Å². The first-order chi connectivity index (χ1) is 11.6. The minimum atomic E-state index is -3.02. The highest BCUT2D eigenvalue weighted by Gasteiger charge is 2.29. The summed E-state index contributed by atoms with van der Waals surface area (Å²) in [7, 11) is 0. The number of amides is 1. The average molecular weight is 335 g/mol. The maximum absolute atomic E-state index is 12.8. The van der Waals surface area contributed by atoms with Gasteiger partial charge in [0.05, 0.1) is 12.2 Å². The average Bonchev–Trinajstić information content (AvgIpc) is 2.56. The summed E-state index contributed by atoms with van der Waals surface area (Å²) in [6.45, 7) is -0.993. The SMILES string of the molecule is CCOc1cccc(C2NC(=O)c3cccnc3N2)c1OC(F)F. The molecule has 1 amide bonds. The van der Waals surface area contributed by atoms with E-state index in [1.165, 1.54) is 12.3 Å². The zero-order valence-electron chi connectivity index (χ0n) is 12.8. The molecule has 0 fully saturated rings. The molecule has 1 aliphatic rings. The number of ether oxygens (including phenoxy) is 2. The molecule has 8 heteroatoms. The second kappa shape index (κ2) is 6.69. The molecule has 1 unspecified atom stereocenters. The van der Waals surface area contributed by atoms with Crippen LogP contribution in [0.5, 0.6) is 11.5 Å². The number of anilines is 1. The van der Waals surface area contributed by atoms with E-state index < -0.39 is 12.8 Å². The predicted molar refractivity (Wildman–Crippen MR) is 82.3 cm³/mol. The molecule has 1 aromatic heterocycles. The molecule has 126 valence electrons. The standard InChI is InChI=1S/C16H15F2N3O3/c1-2-23-11-7-3-5-9(12(11)24-16(17)18)14-20-13-10(15(22)21-14)6-4-8-19-13/h3-8,14,16H,2H2,1H3,(H,19,20)(H,21,22). The van der Waals surface area contributed by atoms with Gasteiger partial charge in [-0.2, -0.15) is 8.78 Å². The lowest BCUT2D eigenvalue weighted by Crippen LogP contribution is -2.39. The normalized spacial score (nSPS) is 16.2. The number of benzene rings is 1. The van der Waals surface area contributed by atoms with Crippen molar-refractivity contribution >= 4 is 11.7 Å². The fraction of sp³-hybridized carbons (Fsp3) is 0.250. The molecule has 1 aromatic carbocycles. The number of hydrogen-bond acceptors (Lipinski definition) is 5. The number of nitrogens with one attached hydrogen (secondary N) is 2. The van der Waals surface area contributed by atoms with Crippen molar-refractivity contribution in [3.05, 3.63) is 47.7 Å². The van der Waals surface area contributed by atoms with Gasteiger partial charge in [0.15, 0.2) is 11.5 Å². The Kier molecular flexibility index (Phi) is 4.45. The van der Waals surface area contributed by atoms with Crippen LogP contribution in [-0.4, -0.2) is 24.1 Å². The number of carbonyl (C=O) groups excluding carboxylic acids is 1. The molecule has 1 aliphatic heterocycles. The van der Waals surface area contributed by atoms with Gasteiger partial charge < -0.3 is 20.1 Å². The van der Waals surface area contributed by atoms with Crippen molar-refractivity contribution < 1.29 is 23.0 Å². The molecular formula is C16H15F2N3O3. The summed E-state index contributed by atoms with van der Waals surface area (Å²) in [6.07, 6.45) is 0.767. The molecule has 0 spiro atoms. The first kappa shape index (κ1) is 16.0. The van der Waals surface area contributed by atoms with Gasteiger partial charge in [0, 0.05) is 11.8 Å². The maximum atomic E-state index is 12.8. The third kappa shape index (κ3) is 3.08. The summed E-state index contributed by atoms with van der Waals surface area (Å²) in [6, 6.07) is 8.00. The van der Waals surface area contributed by atoms with Crippen molar-refractivity contribution in [3.8, 4) is 11.5 Å². The Hall–Kier alpha value is -2.90. The molecule has 2 N–H and O–H groups in total. The van der Waals surface area contributed by atoms with E-state index in [0.29, 0.717) is 16.9 Å². The van der Waals surface area contributed by atoms with E-state index in [-0.39, 0.29) is 24.0 Å². The van der Waals surface area contributed by atoms with Crippen LogP contribution in [0.3, 0.4) is 0 Å². The molecule has 24 heavy (non-hydrogen) atoms. The minimum Gasteiger partial charge on any atom is -0.490 e. The van der Waals surface area contributed by atoms with Crippen LogP contribution in [0.4, 0.5) is 14.6 Å². The van der Waals surface area contributed by atoms with E-state index in [1.807, 2.05) is 0 Å². The molecule has 3 rings (SSSR count). The number of fused-ring (bicyclic) bond motifs is 1. The highest BCUT2D eigenvalue weighted by Crippen LogP contribution is 2.37. The van der Waals surface area contributed by atoms with Gasteiger partial charge >= 0.3 is 6.61 Å². The molecule has 0 aliphatic carbocycles. The van der Waals surface area contributed by atoms with Gasteiger partial charge in [-0.1, -0.05) is 12.1 Å². The zero-order valence-corrected chi connectivity index (χ0v) is 12.8. The summed E-state index contributed by atoms with van der Waals surface area (Å²) >= 11 is 0. The van der Waals surface area contributed by atoms with Crippen molar-refractivity contribution in [3.63, 3.8) is 0 Å². The second-order valence-corrected chi connectivity index (χ2v) is 4.94. The van der Waals surface area contributed by atoms with Gasteiger partial charge in [-0.3, -0.25) is 4.79 Å². The Morgan fingerprint density at radius 1 is 1.25 bits per heavy atom. The first-order valence-electron chi connectivity index (χ1n) is 7.33. The van der Waals surface area contributed by atoms with Crippen LogP contribution in [-0.2, 0) is 0 Å². The van der Waals surface area contributed by atoms with Crippen LogP contribution in [0.2, 0.25) is 0 Å². The molecule has 0 saturated heterocycles. The molecule has 0 radical (unpaired) electrons. The number of aromatic nitrogens is 1. The molecule has 0 saturated carbocycles. The summed E-state index contributed by atoms with van der Waals surface area (Å²) in [4.78, 5) is 16.3. The highest BCUT2D eigenvalue weighted by atomic mass is 19.3. The van der Waals surface area contributed by atoms with Gasteiger partial charge in [0.25, 0.3) is 5.91 Å². The first-order valence-corrected chi connectivity index (χ1v) is 7.33. The fourth-order valence-corrected chi connectivity index (χ4v) is 2.49. The molecule has 2 heterocycles. The Labute approximate surface area is 136 Å². The van der Waals surface area contributed by atoms with Gasteiger partial charge in [0.2, 0.25) is 0 Å². The van der Waals surface area contributed by atoms with Crippen LogP contribution in [0.15, 0.2) is 36.5 Å². The van der Waals surface area contributed by atoms with Crippen molar-refractivity contribution in [2.45, 2.75) is 19.7 Å². The number of nitrogens with zero attached hydrogens (tertiary/aromatic N) is 1. The molecule has 2 aromatic rings. The van der Waals surface area contributed by atoms with E-state index in [4.69, 9.17) is 4.74 Å². The lowest BCUT2D eigenvalue weighted by Gasteiger charge is -2.28. The van der Waals surface area contributed by atoms with Crippen LogP contribution in [0.1, 0.15) is 29.0 Å². The Morgan fingerprint density at radius 3 is 2.83 bits per heavy atom. The second-order valence-electron chi connectivity index (χ2n) is 4.94. The zero-order chi connectivity index (χ0) is 17.1. The van der Waals surface area contributed by atoms with Gasteiger partial charge in [-0.25, -0.2) is 4.98 Å². The van der Waals surface area contributed by atoms with E-state index >= 15 is 0 Å². The number of halogens is 2. The summed E-state index contributed by atoms with van der Waals surface area (Å²) in [5.74, 6) is 0.0763. The van der Waals surface area contributed by atoms with Crippen molar-refractivity contribution in [2.75, 3.05) is 11.9 Å². The summed E-state index contributed by atoms with van der Waals surface area (Å²) in [5, 5.41) is 5.70. The van der Waals surface area contributed by atoms with Crippen LogP contribution in [0, 0.1) is 0 Å². The smallest absolute Gasteiger partial charge is 0.387 e. The molecule has 6 nitrogen and oxygen atoms in total. The third-order valence-electron chi connectivity index (χ3n) is 3.44. The number of carbonyl (C=O) groups is 1. The van der Waals surface area contributed by atoms with Crippen LogP contribution >= 0.6 is 0 Å². The summed E-state index contributed by atoms with van der Waals surface area (Å²) < 4.78 is 35.6. The Bertz CT molecular complexity index is 755. The largest absolute Gasteiger partial charge is 0.490 e. The highest BCUT2D eigenvalue weighted by molar-refractivity contribution is 6.00. The number of alkyl halides is 2. The number of hydrogen-bond donors (Lipinski definition) is 2. The summed E-state index contributed by atoms with van der Waals surface area (Å²) in [5.41, 5.74) is 0.706.